The van der Waals surface area contributed by atoms with Crippen molar-refractivity contribution in [3.8, 4) is 11.4 Å². The summed E-state index contributed by atoms with van der Waals surface area (Å²) in [6.45, 7) is 1.49. The van der Waals surface area contributed by atoms with E-state index in [4.69, 9.17) is 13.9 Å². The van der Waals surface area contributed by atoms with E-state index in [9.17, 15) is 9.59 Å². The van der Waals surface area contributed by atoms with E-state index in [1.54, 1.807) is 36.4 Å². The van der Waals surface area contributed by atoms with E-state index in [0.717, 1.165) is 16.4 Å². The third-order valence-electron chi connectivity index (χ3n) is 5.33. The summed E-state index contributed by atoms with van der Waals surface area (Å²) in [5, 5.41) is 15.5. The molecular formula is C24H19N5O5. The molecule has 34 heavy (non-hydrogen) atoms. The van der Waals surface area contributed by atoms with E-state index in [0.29, 0.717) is 22.7 Å². The summed E-state index contributed by atoms with van der Waals surface area (Å²) in [4.78, 5) is 25.3. The zero-order valence-electron chi connectivity index (χ0n) is 18.3. The minimum atomic E-state index is -1.05. The number of amides is 1. The van der Waals surface area contributed by atoms with Crippen LogP contribution in [0.4, 0.5) is 5.69 Å². The Kier molecular flexibility index (Phi) is 5.38. The molecule has 0 spiro atoms. The Labute approximate surface area is 193 Å². The molecule has 1 N–H and O–H groups in total. The number of aromatic nitrogens is 4. The lowest BCUT2D eigenvalue weighted by Gasteiger charge is -2.15. The van der Waals surface area contributed by atoms with Crippen molar-refractivity contribution in [1.82, 2.24) is 20.2 Å². The van der Waals surface area contributed by atoms with Crippen molar-refractivity contribution in [1.29, 1.82) is 0 Å². The van der Waals surface area contributed by atoms with Crippen LogP contribution in [-0.2, 0) is 9.53 Å². The first-order chi connectivity index (χ1) is 16.5. The van der Waals surface area contributed by atoms with Gasteiger partial charge in [0, 0.05) is 16.8 Å². The molecule has 0 aliphatic carbocycles. The Hall–Kier alpha value is -4.73. The first-order valence-electron chi connectivity index (χ1n) is 10.4. The molecule has 0 radical (unpaired) electrons. The highest BCUT2D eigenvalue weighted by atomic mass is 16.5. The Morgan fingerprint density at radius 2 is 1.82 bits per heavy atom. The van der Waals surface area contributed by atoms with Gasteiger partial charge in [0.25, 0.3) is 5.91 Å². The smallest absolute Gasteiger partial charge is 0.338 e. The third-order valence-corrected chi connectivity index (χ3v) is 5.33. The van der Waals surface area contributed by atoms with Gasteiger partial charge in [-0.3, -0.25) is 4.79 Å². The number of para-hydroxylation sites is 1. The fourth-order valence-corrected chi connectivity index (χ4v) is 3.56. The number of carbonyl (C=O) groups is 2. The van der Waals surface area contributed by atoms with Crippen molar-refractivity contribution in [2.75, 3.05) is 12.4 Å². The van der Waals surface area contributed by atoms with Crippen molar-refractivity contribution < 1.29 is 23.5 Å². The van der Waals surface area contributed by atoms with Gasteiger partial charge in [0.15, 0.2) is 6.10 Å². The first kappa shape index (κ1) is 21.1. The largest absolute Gasteiger partial charge is 0.495 e. The lowest BCUT2D eigenvalue weighted by molar-refractivity contribution is -0.123. The molecule has 0 bridgehead atoms. The molecule has 5 rings (SSSR count). The molecule has 5 aromatic rings. The van der Waals surface area contributed by atoms with Crippen molar-refractivity contribution in [2.24, 2.45) is 0 Å². The number of nitrogens with zero attached hydrogens (tertiary/aromatic N) is 4. The summed E-state index contributed by atoms with van der Waals surface area (Å²) >= 11 is 0. The van der Waals surface area contributed by atoms with Gasteiger partial charge in [0.05, 0.1) is 24.0 Å². The van der Waals surface area contributed by atoms with Crippen molar-refractivity contribution in [3.05, 3.63) is 72.6 Å². The number of hydrogen-bond donors (Lipinski definition) is 1. The maximum absolute atomic E-state index is 12.8. The van der Waals surface area contributed by atoms with E-state index in [2.05, 4.69) is 20.8 Å². The van der Waals surface area contributed by atoms with Gasteiger partial charge in [-0.15, -0.1) is 5.10 Å². The SMILES string of the molecule is COc1cc2c(cc1NC(=O)C(C)OC(=O)c1ccc(-n3cnnn3)cc1)oc1ccccc12. The number of esters is 1. The van der Waals surface area contributed by atoms with Crippen LogP contribution in [0, 0.1) is 0 Å². The molecule has 0 fully saturated rings. The number of hydrogen-bond acceptors (Lipinski definition) is 8. The number of nitrogens with one attached hydrogen (secondary N) is 1. The van der Waals surface area contributed by atoms with Gasteiger partial charge in [0.1, 0.15) is 23.2 Å². The van der Waals surface area contributed by atoms with E-state index in [1.165, 1.54) is 25.0 Å². The van der Waals surface area contributed by atoms with Crippen LogP contribution in [0.2, 0.25) is 0 Å². The van der Waals surface area contributed by atoms with Crippen molar-refractivity contribution in [2.45, 2.75) is 13.0 Å². The summed E-state index contributed by atoms with van der Waals surface area (Å²) in [6, 6.07) is 17.6. The number of tetrazole rings is 1. The minimum Gasteiger partial charge on any atom is -0.495 e. The number of anilines is 1. The highest BCUT2D eigenvalue weighted by Gasteiger charge is 2.21. The van der Waals surface area contributed by atoms with Gasteiger partial charge in [-0.25, -0.2) is 9.48 Å². The van der Waals surface area contributed by atoms with Crippen molar-refractivity contribution in [3.63, 3.8) is 0 Å². The van der Waals surface area contributed by atoms with Gasteiger partial charge in [-0.1, -0.05) is 18.2 Å². The fourth-order valence-electron chi connectivity index (χ4n) is 3.56. The molecule has 2 aromatic heterocycles. The van der Waals surface area contributed by atoms with Gasteiger partial charge in [-0.05, 0) is 53.7 Å². The second kappa shape index (κ2) is 8.66. The Balaban J connectivity index is 1.30. The number of benzene rings is 3. The fraction of sp³-hybridized carbons (Fsp3) is 0.125. The summed E-state index contributed by atoms with van der Waals surface area (Å²) in [6.07, 6.45) is 0.388. The number of carbonyl (C=O) groups excluding carboxylic acids is 2. The summed E-state index contributed by atoms with van der Waals surface area (Å²) in [5.41, 5.74) is 2.71. The zero-order valence-corrected chi connectivity index (χ0v) is 18.3. The average molecular weight is 457 g/mol. The molecular weight excluding hydrogens is 438 g/mol. The van der Waals surface area contributed by atoms with Crippen LogP contribution in [0.1, 0.15) is 17.3 Å². The molecule has 1 unspecified atom stereocenters. The maximum Gasteiger partial charge on any atom is 0.338 e. The van der Waals surface area contributed by atoms with Gasteiger partial charge < -0.3 is 19.2 Å². The van der Waals surface area contributed by atoms with Crippen LogP contribution in [0.5, 0.6) is 5.75 Å². The molecule has 0 saturated carbocycles. The van der Waals surface area contributed by atoms with Gasteiger partial charge in [0.2, 0.25) is 0 Å². The zero-order chi connectivity index (χ0) is 23.7. The van der Waals surface area contributed by atoms with Gasteiger partial charge >= 0.3 is 5.97 Å². The molecule has 3 aromatic carbocycles. The third kappa shape index (κ3) is 3.92. The number of methoxy groups -OCH3 is 1. The van der Waals surface area contributed by atoms with Crippen LogP contribution in [0.25, 0.3) is 27.6 Å². The van der Waals surface area contributed by atoms with E-state index in [-0.39, 0.29) is 5.56 Å². The molecule has 10 nitrogen and oxygen atoms in total. The number of rotatable bonds is 6. The number of ether oxygens (including phenoxy) is 2. The molecule has 170 valence electrons. The summed E-state index contributed by atoms with van der Waals surface area (Å²) < 4.78 is 18.2. The standard InChI is InChI=1S/C24H19N5O5/c1-14(33-24(31)15-7-9-16(10-8-15)29-13-25-27-28-29)23(30)26-19-12-21-18(11-22(19)32-2)17-5-3-4-6-20(17)34-21/h3-14H,1-2H3,(H,26,30). The predicted octanol–water partition coefficient (Wildman–Crippen LogP) is 3.75. The number of fused-ring (bicyclic) bond motifs is 3. The highest BCUT2D eigenvalue weighted by molar-refractivity contribution is 6.08. The second-order valence-corrected chi connectivity index (χ2v) is 7.48. The molecule has 0 saturated heterocycles. The molecule has 10 heteroatoms. The monoisotopic (exact) mass is 457 g/mol. The summed E-state index contributed by atoms with van der Waals surface area (Å²) in [5.74, 6) is -0.679. The Morgan fingerprint density at radius 1 is 1.03 bits per heavy atom. The van der Waals surface area contributed by atoms with Crippen LogP contribution >= 0.6 is 0 Å². The van der Waals surface area contributed by atoms with E-state index < -0.39 is 18.0 Å². The molecule has 0 aliphatic rings. The van der Waals surface area contributed by atoms with Crippen LogP contribution in [-0.4, -0.2) is 45.3 Å². The normalized spacial score (nSPS) is 11.9. The van der Waals surface area contributed by atoms with Crippen LogP contribution < -0.4 is 10.1 Å². The number of furan rings is 1. The topological polar surface area (TPSA) is 121 Å². The minimum absolute atomic E-state index is 0.290. The second-order valence-electron chi connectivity index (χ2n) is 7.48. The van der Waals surface area contributed by atoms with E-state index in [1.807, 2.05) is 24.3 Å². The summed E-state index contributed by atoms with van der Waals surface area (Å²) in [7, 11) is 1.52. The average Bonchev–Trinajstić information content (AvgIpc) is 3.51. The van der Waals surface area contributed by atoms with Gasteiger partial charge in [-0.2, -0.15) is 0 Å². The molecule has 0 aliphatic heterocycles. The Morgan fingerprint density at radius 3 is 2.56 bits per heavy atom. The Bertz CT molecular complexity index is 1490. The molecule has 1 amide bonds. The highest BCUT2D eigenvalue weighted by Crippen LogP contribution is 2.36. The maximum atomic E-state index is 12.8. The van der Waals surface area contributed by atoms with Crippen LogP contribution in [0.15, 0.2) is 71.4 Å². The van der Waals surface area contributed by atoms with E-state index >= 15 is 0 Å². The lowest BCUT2D eigenvalue weighted by Crippen LogP contribution is -2.30. The first-order valence-corrected chi connectivity index (χ1v) is 10.4. The van der Waals surface area contributed by atoms with Crippen molar-refractivity contribution >= 4 is 39.5 Å². The molecule has 1 atom stereocenters. The predicted molar refractivity (Wildman–Crippen MR) is 123 cm³/mol. The quantitative estimate of drug-likeness (QED) is 0.383. The molecule has 2 heterocycles. The lowest BCUT2D eigenvalue weighted by atomic mass is 10.1. The van der Waals surface area contributed by atoms with Crippen LogP contribution in [0.3, 0.4) is 0 Å².